The molecule has 1 aromatic carbocycles. The monoisotopic (exact) mass is 473 g/mol. The van der Waals surface area contributed by atoms with E-state index in [1.807, 2.05) is 31.2 Å². The number of likely N-dealkylation sites (tertiary alicyclic amines) is 1. The first-order valence-corrected chi connectivity index (χ1v) is 11.2. The highest BCUT2D eigenvalue weighted by Gasteiger charge is 2.32. The average molecular weight is 473 g/mol. The molecule has 1 amide bonds. The standard InChI is InChI=1S/C24H23N7O4/c1-2-35-20-11-25-23(26-12-20)17-5-3-4-16(8-17)9-21-22(32)6-7-30(28-21)18-10-27-31(15-18)19-13-29(14-19)24(33)34/h3-8,10-12,15,19H,2,9,13-14H2,1H3,(H,33,34). The van der Waals surface area contributed by atoms with Crippen LogP contribution in [0.3, 0.4) is 0 Å². The Hall–Kier alpha value is -4.54. The van der Waals surface area contributed by atoms with E-state index < -0.39 is 6.09 Å². The molecule has 11 nitrogen and oxygen atoms in total. The van der Waals surface area contributed by atoms with Crippen LogP contribution in [0.25, 0.3) is 17.1 Å². The first kappa shape index (κ1) is 22.3. The summed E-state index contributed by atoms with van der Waals surface area (Å²) in [5.41, 5.74) is 2.66. The number of nitrogens with zero attached hydrogens (tertiary/aromatic N) is 7. The van der Waals surface area contributed by atoms with Gasteiger partial charge in [-0.15, -0.1) is 0 Å². The number of rotatable bonds is 7. The molecule has 35 heavy (non-hydrogen) atoms. The quantitative estimate of drug-likeness (QED) is 0.433. The Kier molecular flexibility index (Phi) is 5.96. The van der Waals surface area contributed by atoms with E-state index in [0.29, 0.717) is 49.1 Å². The molecule has 0 bridgehead atoms. The summed E-state index contributed by atoms with van der Waals surface area (Å²) in [5, 5.41) is 17.9. The van der Waals surface area contributed by atoms with Gasteiger partial charge in [-0.3, -0.25) is 9.48 Å². The zero-order chi connectivity index (χ0) is 24.4. The van der Waals surface area contributed by atoms with Crippen LogP contribution in [-0.4, -0.2) is 65.3 Å². The van der Waals surface area contributed by atoms with E-state index in [1.165, 1.54) is 11.0 Å². The number of aromatic nitrogens is 6. The predicted molar refractivity (Wildman–Crippen MR) is 126 cm³/mol. The Morgan fingerprint density at radius 1 is 1.17 bits per heavy atom. The van der Waals surface area contributed by atoms with E-state index in [2.05, 4.69) is 20.2 Å². The lowest BCUT2D eigenvalue weighted by atomic mass is 10.1. The van der Waals surface area contributed by atoms with Gasteiger partial charge in [0.2, 0.25) is 5.43 Å². The summed E-state index contributed by atoms with van der Waals surface area (Å²) in [7, 11) is 0. The molecule has 3 aromatic heterocycles. The maximum Gasteiger partial charge on any atom is 0.407 e. The van der Waals surface area contributed by atoms with Gasteiger partial charge in [0.25, 0.3) is 0 Å². The zero-order valence-corrected chi connectivity index (χ0v) is 19.0. The molecule has 1 saturated heterocycles. The summed E-state index contributed by atoms with van der Waals surface area (Å²) in [6, 6.07) is 9.15. The second-order valence-corrected chi connectivity index (χ2v) is 8.14. The number of amides is 1. The van der Waals surface area contributed by atoms with Crippen molar-refractivity contribution < 1.29 is 14.6 Å². The van der Waals surface area contributed by atoms with Crippen molar-refractivity contribution in [2.75, 3.05) is 19.7 Å². The van der Waals surface area contributed by atoms with Gasteiger partial charge in [0.05, 0.1) is 37.4 Å². The highest BCUT2D eigenvalue weighted by molar-refractivity contribution is 5.66. The molecular weight excluding hydrogens is 450 g/mol. The van der Waals surface area contributed by atoms with Gasteiger partial charge in [0.1, 0.15) is 11.4 Å². The molecule has 0 aliphatic carbocycles. The SMILES string of the molecule is CCOc1cnc(-c2cccc(Cc3nn(-c4cnn(C5CN(C(=O)O)C5)c4)ccc3=O)c2)nc1. The average Bonchev–Trinajstić information content (AvgIpc) is 3.30. The number of ether oxygens (including phenoxy) is 1. The number of carbonyl (C=O) groups is 1. The minimum absolute atomic E-state index is 0.00809. The summed E-state index contributed by atoms with van der Waals surface area (Å²) in [6.45, 7) is 3.24. The molecule has 1 N–H and O–H groups in total. The van der Waals surface area contributed by atoms with Gasteiger partial charge in [-0.1, -0.05) is 18.2 Å². The fourth-order valence-electron chi connectivity index (χ4n) is 3.86. The molecule has 0 radical (unpaired) electrons. The van der Waals surface area contributed by atoms with Crippen molar-refractivity contribution in [2.24, 2.45) is 0 Å². The number of hydrogen-bond acceptors (Lipinski definition) is 7. The highest BCUT2D eigenvalue weighted by atomic mass is 16.5. The lowest BCUT2D eigenvalue weighted by Crippen LogP contribution is -2.50. The third-order valence-corrected chi connectivity index (χ3v) is 5.74. The molecule has 4 heterocycles. The van der Waals surface area contributed by atoms with Crippen molar-refractivity contribution in [1.82, 2.24) is 34.4 Å². The van der Waals surface area contributed by atoms with Crippen LogP contribution in [-0.2, 0) is 6.42 Å². The smallest absolute Gasteiger partial charge is 0.407 e. The van der Waals surface area contributed by atoms with Crippen molar-refractivity contribution in [3.8, 4) is 22.8 Å². The Balaban J connectivity index is 1.33. The van der Waals surface area contributed by atoms with Crippen LogP contribution in [0.15, 0.2) is 66.1 Å². The molecule has 1 fully saturated rings. The number of hydrogen-bond donors (Lipinski definition) is 1. The minimum Gasteiger partial charge on any atom is -0.491 e. The lowest BCUT2D eigenvalue weighted by Gasteiger charge is -2.36. The fraction of sp³-hybridized carbons (Fsp3) is 0.250. The molecule has 0 spiro atoms. The Morgan fingerprint density at radius 3 is 2.71 bits per heavy atom. The first-order valence-electron chi connectivity index (χ1n) is 11.2. The van der Waals surface area contributed by atoms with E-state index >= 15 is 0 Å². The summed E-state index contributed by atoms with van der Waals surface area (Å²) in [5.74, 6) is 1.18. The van der Waals surface area contributed by atoms with E-state index in [1.54, 1.807) is 40.3 Å². The van der Waals surface area contributed by atoms with E-state index in [4.69, 9.17) is 9.84 Å². The normalized spacial score (nSPS) is 13.5. The van der Waals surface area contributed by atoms with E-state index in [-0.39, 0.29) is 11.5 Å². The lowest BCUT2D eigenvalue weighted by molar-refractivity contribution is 0.0812. The molecule has 0 unspecified atom stereocenters. The van der Waals surface area contributed by atoms with Crippen LogP contribution in [0.5, 0.6) is 5.75 Å². The molecule has 1 aliphatic rings. The first-order chi connectivity index (χ1) is 17.0. The second kappa shape index (κ2) is 9.37. The molecule has 11 heteroatoms. The van der Waals surface area contributed by atoms with Crippen molar-refractivity contribution in [1.29, 1.82) is 0 Å². The Bertz CT molecular complexity index is 1410. The van der Waals surface area contributed by atoms with Gasteiger partial charge in [0.15, 0.2) is 11.6 Å². The molecule has 0 saturated carbocycles. The Morgan fingerprint density at radius 2 is 1.97 bits per heavy atom. The maximum absolute atomic E-state index is 12.5. The molecule has 5 rings (SSSR count). The van der Waals surface area contributed by atoms with Gasteiger partial charge in [0, 0.05) is 37.3 Å². The molecule has 4 aromatic rings. The van der Waals surface area contributed by atoms with Crippen molar-refractivity contribution >= 4 is 6.09 Å². The van der Waals surface area contributed by atoms with Gasteiger partial charge < -0.3 is 14.7 Å². The largest absolute Gasteiger partial charge is 0.491 e. The fourth-order valence-corrected chi connectivity index (χ4v) is 3.86. The van der Waals surface area contributed by atoms with Crippen LogP contribution >= 0.6 is 0 Å². The maximum atomic E-state index is 12.5. The Labute approximate surface area is 200 Å². The van der Waals surface area contributed by atoms with E-state index in [0.717, 1.165) is 11.1 Å². The van der Waals surface area contributed by atoms with Crippen molar-refractivity contribution in [3.63, 3.8) is 0 Å². The van der Waals surface area contributed by atoms with Gasteiger partial charge in [-0.2, -0.15) is 10.2 Å². The molecule has 1 aliphatic heterocycles. The third kappa shape index (κ3) is 4.74. The molecular formula is C24H23N7O4. The summed E-state index contributed by atoms with van der Waals surface area (Å²) in [4.78, 5) is 33.6. The zero-order valence-electron chi connectivity index (χ0n) is 19.0. The minimum atomic E-state index is -0.932. The van der Waals surface area contributed by atoms with E-state index in [9.17, 15) is 9.59 Å². The van der Waals surface area contributed by atoms with Crippen molar-refractivity contribution in [2.45, 2.75) is 19.4 Å². The van der Waals surface area contributed by atoms with Crippen molar-refractivity contribution in [3.05, 3.63) is 82.8 Å². The third-order valence-electron chi connectivity index (χ3n) is 5.74. The second-order valence-electron chi connectivity index (χ2n) is 8.14. The summed E-state index contributed by atoms with van der Waals surface area (Å²) >= 11 is 0. The summed E-state index contributed by atoms with van der Waals surface area (Å²) in [6.07, 6.45) is 7.73. The van der Waals surface area contributed by atoms with Gasteiger partial charge in [-0.05, 0) is 18.6 Å². The topological polar surface area (TPSA) is 128 Å². The van der Waals surface area contributed by atoms with Gasteiger partial charge in [-0.25, -0.2) is 19.4 Å². The molecule has 178 valence electrons. The van der Waals surface area contributed by atoms with Gasteiger partial charge >= 0.3 is 6.09 Å². The van der Waals surface area contributed by atoms with Crippen LogP contribution in [0.1, 0.15) is 24.2 Å². The van der Waals surface area contributed by atoms with Crippen LogP contribution < -0.4 is 10.2 Å². The van der Waals surface area contributed by atoms with Crippen LogP contribution in [0.2, 0.25) is 0 Å². The summed E-state index contributed by atoms with van der Waals surface area (Å²) < 4.78 is 8.73. The van der Waals surface area contributed by atoms with Crippen LogP contribution in [0.4, 0.5) is 4.79 Å². The number of carboxylic acid groups (broad SMARTS) is 1. The highest BCUT2D eigenvalue weighted by Crippen LogP contribution is 2.22. The number of benzene rings is 1. The van der Waals surface area contributed by atoms with Crippen LogP contribution in [0, 0.1) is 0 Å². The molecule has 0 atom stereocenters. The predicted octanol–water partition coefficient (Wildman–Crippen LogP) is 2.41.